The summed E-state index contributed by atoms with van der Waals surface area (Å²) in [5.74, 6) is -1.10. The molecule has 0 saturated heterocycles. The molecular formula is C30H26O7. The molecule has 2 N–H and O–H groups in total. The first-order valence-electron chi connectivity index (χ1n) is 11.8. The van der Waals surface area contributed by atoms with E-state index < -0.39 is 25.2 Å². The molecule has 0 spiro atoms. The molecule has 0 bridgehead atoms. The number of ether oxygens (including phenoxy) is 2. The van der Waals surface area contributed by atoms with Crippen molar-refractivity contribution in [2.24, 2.45) is 0 Å². The predicted molar refractivity (Wildman–Crippen MR) is 139 cm³/mol. The lowest BCUT2D eigenvalue weighted by Gasteiger charge is -2.26. The number of carboxylic acids is 2. The average molecular weight is 499 g/mol. The van der Waals surface area contributed by atoms with Gasteiger partial charge in [-0.2, -0.15) is 0 Å². The van der Waals surface area contributed by atoms with E-state index in [1.54, 1.807) is 48.5 Å². The zero-order chi connectivity index (χ0) is 26.2. The van der Waals surface area contributed by atoms with Crippen LogP contribution in [0.5, 0.6) is 11.5 Å². The monoisotopic (exact) mass is 498 g/mol. The normalized spacial score (nSPS) is 17.5. The second-order valence-electron chi connectivity index (χ2n) is 8.69. The summed E-state index contributed by atoms with van der Waals surface area (Å²) in [4.78, 5) is 34.9. The van der Waals surface area contributed by atoms with Crippen molar-refractivity contribution in [1.29, 1.82) is 0 Å². The van der Waals surface area contributed by atoms with Crippen LogP contribution in [-0.4, -0.2) is 41.1 Å². The van der Waals surface area contributed by atoms with Gasteiger partial charge in [-0.3, -0.25) is 4.79 Å². The maximum absolute atomic E-state index is 13.5. The lowest BCUT2D eigenvalue weighted by molar-refractivity contribution is -0.140. The van der Waals surface area contributed by atoms with Crippen LogP contribution in [0.3, 0.4) is 0 Å². The molecule has 1 aliphatic rings. The number of Topliss-reactive ketones (excluding diaryl/α,β-unsaturated/α-hetero) is 1. The number of benzene rings is 3. The standard InChI is InChI=1S/C30H26O7/c31-28(32)18-36-26-10-6-20(7-11-26)14-24-16-23(22-4-2-1-3-5-22)17-25(30(24)35)15-21-8-12-27(13-9-21)37-19-29(33)34/h1-15,23H,16-19H2,(H,31,32)(H,33,34)/b24-14-,25-15-. The average Bonchev–Trinajstić information content (AvgIpc) is 2.90. The van der Waals surface area contributed by atoms with Crippen LogP contribution < -0.4 is 9.47 Å². The van der Waals surface area contributed by atoms with Gasteiger partial charge in [-0.05, 0) is 71.9 Å². The van der Waals surface area contributed by atoms with E-state index >= 15 is 0 Å². The molecule has 0 radical (unpaired) electrons. The molecule has 0 aliphatic heterocycles. The number of carbonyl (C=O) groups is 3. The number of carboxylic acid groups (broad SMARTS) is 2. The molecule has 7 nitrogen and oxygen atoms in total. The van der Waals surface area contributed by atoms with Crippen LogP contribution in [0.1, 0.15) is 35.4 Å². The van der Waals surface area contributed by atoms with E-state index in [1.807, 2.05) is 30.4 Å². The highest BCUT2D eigenvalue weighted by Gasteiger charge is 2.28. The fraction of sp³-hybridized carbons (Fsp3) is 0.167. The highest BCUT2D eigenvalue weighted by Crippen LogP contribution is 2.38. The Morgan fingerprint density at radius 2 is 1.14 bits per heavy atom. The van der Waals surface area contributed by atoms with Crippen molar-refractivity contribution < 1.29 is 34.1 Å². The Kier molecular flexibility index (Phi) is 8.15. The van der Waals surface area contributed by atoms with Crippen LogP contribution in [-0.2, 0) is 14.4 Å². The first kappa shape index (κ1) is 25.4. The molecule has 3 aromatic rings. The Bertz CT molecular complexity index is 1240. The van der Waals surface area contributed by atoms with E-state index in [0.29, 0.717) is 35.5 Å². The van der Waals surface area contributed by atoms with Gasteiger partial charge in [0.25, 0.3) is 0 Å². The molecule has 0 unspecified atom stereocenters. The van der Waals surface area contributed by atoms with Crippen LogP contribution in [0, 0.1) is 0 Å². The summed E-state index contributed by atoms with van der Waals surface area (Å²) in [6.07, 6.45) is 4.93. The second-order valence-corrected chi connectivity index (χ2v) is 8.69. The summed E-state index contributed by atoms with van der Waals surface area (Å²) in [6, 6.07) is 24.0. The van der Waals surface area contributed by atoms with Crippen molar-refractivity contribution in [3.63, 3.8) is 0 Å². The van der Waals surface area contributed by atoms with Crippen molar-refractivity contribution in [2.75, 3.05) is 13.2 Å². The third-order valence-electron chi connectivity index (χ3n) is 5.95. The summed E-state index contributed by atoms with van der Waals surface area (Å²) in [7, 11) is 0. The second kappa shape index (κ2) is 11.9. The predicted octanol–water partition coefficient (Wildman–Crippen LogP) is 5.23. The number of ketones is 1. The topological polar surface area (TPSA) is 110 Å². The molecule has 188 valence electrons. The van der Waals surface area contributed by atoms with Gasteiger partial charge in [-0.15, -0.1) is 0 Å². The highest BCUT2D eigenvalue weighted by atomic mass is 16.5. The Labute approximate surface area is 214 Å². The number of allylic oxidation sites excluding steroid dienone is 2. The van der Waals surface area contributed by atoms with Crippen molar-refractivity contribution in [3.05, 3.63) is 107 Å². The molecule has 4 rings (SSSR count). The summed E-state index contributed by atoms with van der Waals surface area (Å²) >= 11 is 0. The van der Waals surface area contributed by atoms with Crippen LogP contribution in [0.4, 0.5) is 0 Å². The third kappa shape index (κ3) is 7.18. The smallest absolute Gasteiger partial charge is 0.341 e. The minimum atomic E-state index is -1.05. The van der Waals surface area contributed by atoms with Gasteiger partial charge in [0.2, 0.25) is 0 Å². The van der Waals surface area contributed by atoms with Gasteiger partial charge in [0.15, 0.2) is 19.0 Å². The van der Waals surface area contributed by atoms with Gasteiger partial charge in [0.05, 0.1) is 0 Å². The molecule has 37 heavy (non-hydrogen) atoms. The van der Waals surface area contributed by atoms with Crippen molar-refractivity contribution in [2.45, 2.75) is 18.8 Å². The maximum Gasteiger partial charge on any atom is 0.341 e. The fourth-order valence-corrected chi connectivity index (χ4v) is 4.22. The van der Waals surface area contributed by atoms with Crippen molar-refractivity contribution >= 4 is 29.9 Å². The van der Waals surface area contributed by atoms with Crippen molar-refractivity contribution in [1.82, 2.24) is 0 Å². The zero-order valence-electron chi connectivity index (χ0n) is 20.0. The molecule has 0 heterocycles. The lowest BCUT2D eigenvalue weighted by atomic mass is 9.77. The molecule has 7 heteroatoms. The van der Waals surface area contributed by atoms with E-state index in [2.05, 4.69) is 12.1 Å². The van der Waals surface area contributed by atoms with Crippen molar-refractivity contribution in [3.8, 4) is 11.5 Å². The minimum absolute atomic E-state index is 0.0235. The third-order valence-corrected chi connectivity index (χ3v) is 5.95. The van der Waals surface area contributed by atoms with E-state index in [9.17, 15) is 14.4 Å². The number of aliphatic carboxylic acids is 2. The number of hydrogen-bond donors (Lipinski definition) is 2. The highest BCUT2D eigenvalue weighted by molar-refractivity contribution is 6.14. The molecule has 0 aromatic heterocycles. The molecule has 1 fully saturated rings. The maximum atomic E-state index is 13.5. The molecule has 1 saturated carbocycles. The van der Waals surface area contributed by atoms with E-state index in [1.165, 1.54) is 0 Å². The van der Waals surface area contributed by atoms with Gasteiger partial charge in [0.1, 0.15) is 11.5 Å². The Morgan fingerprint density at radius 1 is 0.703 bits per heavy atom. The van der Waals surface area contributed by atoms with E-state index in [4.69, 9.17) is 19.7 Å². The number of hydrogen-bond acceptors (Lipinski definition) is 5. The van der Waals surface area contributed by atoms with Gasteiger partial charge in [-0.25, -0.2) is 9.59 Å². The van der Waals surface area contributed by atoms with Gasteiger partial charge >= 0.3 is 11.9 Å². The summed E-state index contributed by atoms with van der Waals surface area (Å²) in [5, 5.41) is 17.6. The van der Waals surface area contributed by atoms with Crippen LogP contribution in [0.25, 0.3) is 12.2 Å². The van der Waals surface area contributed by atoms with Gasteiger partial charge in [0, 0.05) is 11.1 Å². The van der Waals surface area contributed by atoms with Crippen LogP contribution in [0.2, 0.25) is 0 Å². The summed E-state index contributed by atoms with van der Waals surface area (Å²) < 4.78 is 10.4. The zero-order valence-corrected chi connectivity index (χ0v) is 20.0. The quantitative estimate of drug-likeness (QED) is 0.389. The van der Waals surface area contributed by atoms with E-state index in [-0.39, 0.29) is 11.7 Å². The molecule has 0 amide bonds. The van der Waals surface area contributed by atoms with Gasteiger partial charge in [-0.1, -0.05) is 54.6 Å². The first-order chi connectivity index (χ1) is 17.9. The van der Waals surface area contributed by atoms with Crippen LogP contribution in [0.15, 0.2) is 90.0 Å². The summed E-state index contributed by atoms with van der Waals surface area (Å²) in [6.45, 7) is -0.836. The van der Waals surface area contributed by atoms with E-state index in [0.717, 1.165) is 16.7 Å². The SMILES string of the molecule is O=C(O)COc1ccc(/C=C2/CC(c3ccccc3)C/C(=C/c3ccc(OCC(=O)O)cc3)C2=O)cc1. The van der Waals surface area contributed by atoms with Crippen LogP contribution >= 0.6 is 0 Å². The Balaban J connectivity index is 1.60. The largest absolute Gasteiger partial charge is 0.482 e. The molecule has 3 aromatic carbocycles. The first-order valence-corrected chi connectivity index (χ1v) is 11.8. The summed E-state index contributed by atoms with van der Waals surface area (Å²) in [5.41, 5.74) is 4.17. The molecule has 0 atom stereocenters. The van der Waals surface area contributed by atoms with Gasteiger partial charge < -0.3 is 19.7 Å². The molecule has 1 aliphatic carbocycles. The number of rotatable bonds is 9. The fourth-order valence-electron chi connectivity index (χ4n) is 4.22. The Hall–Kier alpha value is -4.65. The Morgan fingerprint density at radius 3 is 1.54 bits per heavy atom. The lowest BCUT2D eigenvalue weighted by Crippen LogP contribution is -2.19. The molecular weight excluding hydrogens is 472 g/mol. The number of carbonyl (C=O) groups excluding carboxylic acids is 1. The minimum Gasteiger partial charge on any atom is -0.482 e.